The molecule has 14 heteroatoms. The van der Waals surface area contributed by atoms with Crippen molar-refractivity contribution in [2.75, 3.05) is 11.9 Å². The Morgan fingerprint density at radius 2 is 1.88 bits per heavy atom. The van der Waals surface area contributed by atoms with E-state index in [2.05, 4.69) is 15.4 Å². The van der Waals surface area contributed by atoms with Crippen molar-refractivity contribution in [1.82, 2.24) is 23.9 Å². The number of carbonyl (C=O) groups is 1. The molecule has 0 aliphatic heterocycles. The molecule has 0 spiro atoms. The van der Waals surface area contributed by atoms with Crippen LogP contribution in [0.15, 0.2) is 61.2 Å². The van der Waals surface area contributed by atoms with E-state index in [0.29, 0.717) is 32.1 Å². The van der Waals surface area contributed by atoms with Gasteiger partial charge in [0.05, 0.1) is 24.3 Å². The van der Waals surface area contributed by atoms with Gasteiger partial charge in [-0.25, -0.2) is 9.78 Å². The smallest absolute Gasteiger partial charge is 0.329 e. The van der Waals surface area contributed by atoms with Crippen molar-refractivity contribution in [3.8, 4) is 22.4 Å². The molecule has 4 rings (SSSR count). The number of aromatic nitrogens is 4. The van der Waals surface area contributed by atoms with Crippen LogP contribution in [0.1, 0.15) is 0 Å². The number of fused-ring (bicyclic) bond motifs is 1. The summed E-state index contributed by atoms with van der Waals surface area (Å²) in [5.41, 5.74) is 3.13. The summed E-state index contributed by atoms with van der Waals surface area (Å²) in [6.07, 6.45) is 1.18. The van der Waals surface area contributed by atoms with Crippen molar-refractivity contribution in [1.29, 1.82) is 0 Å². The second-order valence-electron chi connectivity index (χ2n) is 6.87. The van der Waals surface area contributed by atoms with Crippen LogP contribution < -0.4 is 10.6 Å². The highest BCUT2D eigenvalue weighted by atomic mass is 32.2. The number of urea groups is 1. The molecule has 33 heavy (non-hydrogen) atoms. The standard InChI is InChI=1S/C19H15F3N6O4S/c20-19(21,22)11-24-18(29)26-15-3-1-2-13(6-15)16-9-23-17-7-12(4-5-27(16)17)14-8-25-28(10-14)33(30,31)32/h1-10H,11H2,(H2,24,26,29)(H,30,31,32). The van der Waals surface area contributed by atoms with Crippen LogP contribution in [0, 0.1) is 0 Å². The molecule has 0 saturated carbocycles. The van der Waals surface area contributed by atoms with Crippen molar-refractivity contribution in [3.63, 3.8) is 0 Å². The number of nitrogens with zero attached hydrogens (tertiary/aromatic N) is 4. The van der Waals surface area contributed by atoms with Crippen LogP contribution in [-0.4, -0.2) is 50.3 Å². The number of benzene rings is 1. The Kier molecular flexibility index (Phi) is 5.55. The molecule has 10 nitrogen and oxygen atoms in total. The molecule has 0 aliphatic carbocycles. The Morgan fingerprint density at radius 3 is 2.58 bits per heavy atom. The number of rotatable bonds is 5. The summed E-state index contributed by atoms with van der Waals surface area (Å²) in [5, 5.41) is 7.69. The quantitative estimate of drug-likeness (QED) is 0.376. The summed E-state index contributed by atoms with van der Waals surface area (Å²) in [4.78, 5) is 16.0. The highest BCUT2D eigenvalue weighted by Gasteiger charge is 2.27. The van der Waals surface area contributed by atoms with Gasteiger partial charge in [0.2, 0.25) is 0 Å². The number of amides is 2. The van der Waals surface area contributed by atoms with Crippen molar-refractivity contribution >= 4 is 27.7 Å². The molecular weight excluding hydrogens is 465 g/mol. The molecule has 0 aliphatic rings. The minimum atomic E-state index is -4.51. The fraction of sp³-hybridized carbons (Fsp3) is 0.105. The summed E-state index contributed by atoms with van der Waals surface area (Å²) in [6, 6.07) is 8.87. The van der Waals surface area contributed by atoms with Crippen molar-refractivity contribution < 1.29 is 30.9 Å². The van der Waals surface area contributed by atoms with E-state index >= 15 is 0 Å². The number of nitrogens with one attached hydrogen (secondary N) is 2. The maximum atomic E-state index is 12.2. The maximum Gasteiger partial charge on any atom is 0.405 e. The summed E-state index contributed by atoms with van der Waals surface area (Å²) >= 11 is 0. The first-order valence-electron chi connectivity index (χ1n) is 9.22. The number of anilines is 1. The number of halogens is 3. The highest BCUT2D eigenvalue weighted by Crippen LogP contribution is 2.27. The van der Waals surface area contributed by atoms with Crippen molar-refractivity contribution in [3.05, 3.63) is 61.2 Å². The van der Waals surface area contributed by atoms with Gasteiger partial charge in [0.25, 0.3) is 0 Å². The lowest BCUT2D eigenvalue weighted by Gasteiger charge is -2.11. The molecular formula is C19H15F3N6O4S. The van der Waals surface area contributed by atoms with Gasteiger partial charge in [-0.1, -0.05) is 12.1 Å². The van der Waals surface area contributed by atoms with Gasteiger partial charge in [0.1, 0.15) is 12.2 Å². The van der Waals surface area contributed by atoms with Gasteiger partial charge in [-0.05, 0) is 29.8 Å². The van der Waals surface area contributed by atoms with E-state index in [1.54, 1.807) is 52.4 Å². The van der Waals surface area contributed by atoms with Gasteiger partial charge in [0, 0.05) is 23.0 Å². The minimum absolute atomic E-state index is 0.288. The SMILES string of the molecule is O=C(NCC(F)(F)F)Nc1cccc(-c2cnc3cc(-c4cnn(S(=O)(=O)O)c4)ccn23)c1. The Labute approximate surface area is 184 Å². The summed E-state index contributed by atoms with van der Waals surface area (Å²) in [6.45, 7) is -1.45. The highest BCUT2D eigenvalue weighted by molar-refractivity contribution is 7.84. The van der Waals surface area contributed by atoms with Crippen LogP contribution in [-0.2, 0) is 10.3 Å². The molecule has 3 heterocycles. The third kappa shape index (κ3) is 5.12. The fourth-order valence-electron chi connectivity index (χ4n) is 3.07. The largest absolute Gasteiger partial charge is 0.405 e. The van der Waals surface area contributed by atoms with Gasteiger partial charge in [-0.2, -0.15) is 26.7 Å². The van der Waals surface area contributed by atoms with Gasteiger partial charge in [-0.15, -0.1) is 4.09 Å². The molecule has 0 radical (unpaired) electrons. The number of imidazole rings is 1. The molecule has 172 valence electrons. The second kappa shape index (κ2) is 8.22. The molecule has 1 aromatic carbocycles. The van der Waals surface area contributed by atoms with Crippen LogP contribution in [0.25, 0.3) is 28.0 Å². The van der Waals surface area contributed by atoms with E-state index in [1.807, 2.05) is 0 Å². The van der Waals surface area contributed by atoms with E-state index in [1.165, 1.54) is 12.3 Å². The number of hydrogen-bond donors (Lipinski definition) is 3. The second-order valence-corrected chi connectivity index (χ2v) is 8.14. The first-order valence-corrected chi connectivity index (χ1v) is 10.6. The van der Waals surface area contributed by atoms with E-state index in [4.69, 9.17) is 4.55 Å². The zero-order valence-corrected chi connectivity index (χ0v) is 17.3. The van der Waals surface area contributed by atoms with Crippen LogP contribution in [0.3, 0.4) is 0 Å². The lowest BCUT2D eigenvalue weighted by Crippen LogP contribution is -2.36. The van der Waals surface area contributed by atoms with Gasteiger partial charge >= 0.3 is 22.5 Å². The Hall–Kier alpha value is -3.91. The van der Waals surface area contributed by atoms with Crippen LogP contribution in [0.2, 0.25) is 0 Å². The van der Waals surface area contributed by atoms with E-state index in [0.717, 1.165) is 6.20 Å². The summed E-state index contributed by atoms with van der Waals surface area (Å²) < 4.78 is 70.4. The molecule has 0 atom stereocenters. The zero-order valence-electron chi connectivity index (χ0n) is 16.5. The number of alkyl halides is 3. The lowest BCUT2D eigenvalue weighted by molar-refractivity contribution is -0.122. The molecule has 0 bridgehead atoms. The van der Waals surface area contributed by atoms with Gasteiger partial charge in [0.15, 0.2) is 0 Å². The van der Waals surface area contributed by atoms with Crippen molar-refractivity contribution in [2.45, 2.75) is 6.18 Å². The van der Waals surface area contributed by atoms with Crippen LogP contribution in [0.4, 0.5) is 23.7 Å². The van der Waals surface area contributed by atoms with Crippen LogP contribution >= 0.6 is 0 Å². The normalized spacial score (nSPS) is 12.1. The zero-order chi connectivity index (χ0) is 23.8. The Morgan fingerprint density at radius 1 is 1.09 bits per heavy atom. The van der Waals surface area contributed by atoms with Crippen molar-refractivity contribution in [2.24, 2.45) is 0 Å². The Balaban J connectivity index is 1.58. The Bertz CT molecular complexity index is 1450. The third-order valence-electron chi connectivity index (χ3n) is 4.51. The molecule has 3 aromatic heterocycles. The van der Waals surface area contributed by atoms with E-state index < -0.39 is 29.1 Å². The topological polar surface area (TPSA) is 131 Å². The van der Waals surface area contributed by atoms with E-state index in [-0.39, 0.29) is 5.69 Å². The molecule has 3 N–H and O–H groups in total. The molecule has 0 fully saturated rings. The maximum absolute atomic E-state index is 12.2. The number of carbonyl (C=O) groups excluding carboxylic acids is 1. The molecule has 4 aromatic rings. The monoisotopic (exact) mass is 480 g/mol. The fourth-order valence-corrected chi connectivity index (χ4v) is 3.48. The number of hydrogen-bond acceptors (Lipinski definition) is 5. The average molecular weight is 480 g/mol. The average Bonchev–Trinajstić information content (AvgIpc) is 3.39. The van der Waals surface area contributed by atoms with E-state index in [9.17, 15) is 26.4 Å². The van der Waals surface area contributed by atoms with Crippen LogP contribution in [0.5, 0.6) is 0 Å². The molecule has 2 amide bonds. The predicted molar refractivity (Wildman–Crippen MR) is 112 cm³/mol. The summed E-state index contributed by atoms with van der Waals surface area (Å²) in [5.74, 6) is 0. The summed E-state index contributed by atoms with van der Waals surface area (Å²) in [7, 11) is -4.49. The lowest BCUT2D eigenvalue weighted by atomic mass is 10.1. The minimum Gasteiger partial charge on any atom is -0.329 e. The van der Waals surface area contributed by atoms with Gasteiger partial charge in [-0.3, -0.25) is 8.95 Å². The first-order chi connectivity index (χ1) is 15.5. The van der Waals surface area contributed by atoms with Gasteiger partial charge < -0.3 is 10.6 Å². The number of pyridine rings is 1. The molecule has 0 saturated heterocycles. The predicted octanol–water partition coefficient (Wildman–Crippen LogP) is 3.20. The third-order valence-corrected chi connectivity index (χ3v) is 5.18. The first kappa shape index (κ1) is 22.3. The molecule has 0 unspecified atom stereocenters.